The lowest BCUT2D eigenvalue weighted by Crippen LogP contribution is -2.30. The Morgan fingerprint density at radius 2 is 1.67 bits per heavy atom. The highest BCUT2D eigenvalue weighted by Gasteiger charge is 2.34. The molecule has 118 valence electrons. The van der Waals surface area contributed by atoms with E-state index in [1.54, 1.807) is 18.6 Å². The summed E-state index contributed by atoms with van der Waals surface area (Å²) in [5.74, 6) is 0.0282. The van der Waals surface area contributed by atoms with Gasteiger partial charge in [0.15, 0.2) is 0 Å². The fraction of sp³-hybridized carbons (Fsp3) is 0.150. The third kappa shape index (κ3) is 2.46. The van der Waals surface area contributed by atoms with Gasteiger partial charge in [0.2, 0.25) is 0 Å². The second-order valence-corrected chi connectivity index (χ2v) is 6.02. The SMILES string of the molecule is Cc1ccc(C(c2ccncc2)N2Cc3ncccc3C2=O)cc1. The molecule has 0 bridgehead atoms. The van der Waals surface area contributed by atoms with Crippen LogP contribution in [-0.4, -0.2) is 20.8 Å². The summed E-state index contributed by atoms with van der Waals surface area (Å²) in [5.41, 5.74) is 4.88. The van der Waals surface area contributed by atoms with Gasteiger partial charge < -0.3 is 4.90 Å². The Kier molecular flexibility index (Phi) is 3.58. The number of carbonyl (C=O) groups is 1. The van der Waals surface area contributed by atoms with Crippen molar-refractivity contribution in [2.24, 2.45) is 0 Å². The highest BCUT2D eigenvalue weighted by Crippen LogP contribution is 2.34. The molecule has 0 aliphatic carbocycles. The summed E-state index contributed by atoms with van der Waals surface area (Å²) >= 11 is 0. The maximum absolute atomic E-state index is 12.9. The molecule has 0 saturated carbocycles. The second-order valence-electron chi connectivity index (χ2n) is 6.02. The van der Waals surface area contributed by atoms with Gasteiger partial charge in [-0.3, -0.25) is 14.8 Å². The minimum atomic E-state index is -0.143. The van der Waals surface area contributed by atoms with E-state index < -0.39 is 0 Å². The number of rotatable bonds is 3. The third-order valence-corrected chi connectivity index (χ3v) is 4.43. The summed E-state index contributed by atoms with van der Waals surface area (Å²) in [7, 11) is 0. The fourth-order valence-corrected chi connectivity index (χ4v) is 3.20. The van der Waals surface area contributed by atoms with Crippen molar-refractivity contribution in [2.75, 3.05) is 0 Å². The number of hydrogen-bond acceptors (Lipinski definition) is 3. The van der Waals surface area contributed by atoms with Crippen molar-refractivity contribution in [3.8, 4) is 0 Å². The van der Waals surface area contributed by atoms with E-state index in [1.165, 1.54) is 5.56 Å². The molecule has 1 atom stereocenters. The molecule has 4 heteroatoms. The number of amides is 1. The zero-order chi connectivity index (χ0) is 16.5. The quantitative estimate of drug-likeness (QED) is 0.743. The van der Waals surface area contributed by atoms with Crippen LogP contribution in [0.25, 0.3) is 0 Å². The summed E-state index contributed by atoms with van der Waals surface area (Å²) in [5, 5.41) is 0. The van der Waals surface area contributed by atoms with Crippen molar-refractivity contribution in [1.82, 2.24) is 14.9 Å². The average Bonchev–Trinajstić information content (AvgIpc) is 2.95. The molecule has 0 saturated heterocycles. The minimum absolute atomic E-state index is 0.0282. The number of aromatic nitrogens is 2. The maximum atomic E-state index is 12.9. The van der Waals surface area contributed by atoms with Gasteiger partial charge in [0, 0.05) is 18.6 Å². The number of nitrogens with zero attached hydrogens (tertiary/aromatic N) is 3. The van der Waals surface area contributed by atoms with Crippen molar-refractivity contribution >= 4 is 5.91 Å². The lowest BCUT2D eigenvalue weighted by molar-refractivity contribution is 0.0730. The fourth-order valence-electron chi connectivity index (χ4n) is 3.20. The van der Waals surface area contributed by atoms with E-state index in [0.29, 0.717) is 12.1 Å². The highest BCUT2D eigenvalue weighted by molar-refractivity contribution is 5.98. The van der Waals surface area contributed by atoms with Gasteiger partial charge in [0.1, 0.15) is 0 Å². The Hall–Kier alpha value is -3.01. The van der Waals surface area contributed by atoms with Crippen LogP contribution in [0.15, 0.2) is 67.1 Å². The second kappa shape index (κ2) is 5.89. The molecule has 0 spiro atoms. The summed E-state index contributed by atoms with van der Waals surface area (Å²) in [6.45, 7) is 2.59. The van der Waals surface area contributed by atoms with Crippen LogP contribution in [0, 0.1) is 6.92 Å². The van der Waals surface area contributed by atoms with Crippen molar-refractivity contribution in [3.05, 3.63) is 95.1 Å². The topological polar surface area (TPSA) is 46.1 Å². The van der Waals surface area contributed by atoms with Crippen LogP contribution in [0.2, 0.25) is 0 Å². The first kappa shape index (κ1) is 14.6. The molecule has 1 aliphatic heterocycles. The predicted molar refractivity (Wildman–Crippen MR) is 91.4 cm³/mol. The summed E-state index contributed by atoms with van der Waals surface area (Å²) in [6.07, 6.45) is 5.27. The Morgan fingerprint density at radius 3 is 2.38 bits per heavy atom. The first-order valence-corrected chi connectivity index (χ1v) is 7.95. The number of aryl methyl sites for hydroxylation is 1. The summed E-state index contributed by atoms with van der Waals surface area (Å²) in [4.78, 5) is 23.3. The third-order valence-electron chi connectivity index (χ3n) is 4.43. The first-order chi connectivity index (χ1) is 11.7. The van der Waals surface area contributed by atoms with E-state index in [0.717, 1.165) is 16.8 Å². The van der Waals surface area contributed by atoms with Crippen LogP contribution < -0.4 is 0 Å². The zero-order valence-electron chi connectivity index (χ0n) is 13.4. The van der Waals surface area contributed by atoms with E-state index >= 15 is 0 Å². The minimum Gasteiger partial charge on any atom is -0.322 e. The zero-order valence-corrected chi connectivity index (χ0v) is 13.4. The molecule has 1 aliphatic rings. The van der Waals surface area contributed by atoms with Crippen molar-refractivity contribution in [3.63, 3.8) is 0 Å². The summed E-state index contributed by atoms with van der Waals surface area (Å²) in [6, 6.07) is 15.8. The number of carbonyl (C=O) groups excluding carboxylic acids is 1. The lowest BCUT2D eigenvalue weighted by atomic mass is 9.97. The van der Waals surface area contributed by atoms with Crippen molar-refractivity contribution in [1.29, 1.82) is 0 Å². The Labute approximate surface area is 140 Å². The van der Waals surface area contributed by atoms with Gasteiger partial charge in [0.25, 0.3) is 5.91 Å². The normalized spacial score (nSPS) is 14.5. The molecular weight excluding hydrogens is 298 g/mol. The number of benzene rings is 1. The Bertz CT molecular complexity index is 875. The molecule has 1 aromatic carbocycles. The summed E-state index contributed by atoms with van der Waals surface area (Å²) < 4.78 is 0. The van der Waals surface area contributed by atoms with E-state index in [-0.39, 0.29) is 11.9 Å². The van der Waals surface area contributed by atoms with Gasteiger partial charge in [-0.2, -0.15) is 0 Å². The molecule has 3 aromatic rings. The monoisotopic (exact) mass is 315 g/mol. The van der Waals surface area contributed by atoms with Crippen LogP contribution >= 0.6 is 0 Å². The molecule has 2 aromatic heterocycles. The van der Waals surface area contributed by atoms with Gasteiger partial charge in [-0.15, -0.1) is 0 Å². The molecule has 1 unspecified atom stereocenters. The van der Waals surface area contributed by atoms with E-state index in [2.05, 4.69) is 41.2 Å². The van der Waals surface area contributed by atoms with Gasteiger partial charge in [0.05, 0.1) is 23.8 Å². The average molecular weight is 315 g/mol. The number of hydrogen-bond donors (Lipinski definition) is 0. The standard InChI is InChI=1S/C20H17N3O/c1-14-4-6-15(7-5-14)19(16-8-11-21-12-9-16)23-13-18-17(20(23)24)3-2-10-22-18/h2-12,19H,13H2,1H3. The molecule has 1 amide bonds. The molecule has 3 heterocycles. The van der Waals surface area contributed by atoms with Gasteiger partial charge >= 0.3 is 0 Å². The van der Waals surface area contributed by atoms with E-state index in [4.69, 9.17) is 0 Å². The molecule has 24 heavy (non-hydrogen) atoms. The van der Waals surface area contributed by atoms with Crippen LogP contribution in [0.5, 0.6) is 0 Å². The van der Waals surface area contributed by atoms with Crippen LogP contribution in [0.4, 0.5) is 0 Å². The first-order valence-electron chi connectivity index (χ1n) is 7.95. The van der Waals surface area contributed by atoms with E-state index in [9.17, 15) is 4.79 Å². The Balaban J connectivity index is 1.80. The van der Waals surface area contributed by atoms with Gasteiger partial charge in [-0.05, 0) is 42.3 Å². The van der Waals surface area contributed by atoms with Crippen LogP contribution in [0.3, 0.4) is 0 Å². The highest BCUT2D eigenvalue weighted by atomic mass is 16.2. The van der Waals surface area contributed by atoms with Crippen molar-refractivity contribution in [2.45, 2.75) is 19.5 Å². The predicted octanol–water partition coefficient (Wildman–Crippen LogP) is 3.53. The maximum Gasteiger partial charge on any atom is 0.256 e. The number of pyridine rings is 2. The molecule has 0 N–H and O–H groups in total. The Morgan fingerprint density at radius 1 is 0.958 bits per heavy atom. The van der Waals surface area contributed by atoms with Crippen LogP contribution in [-0.2, 0) is 6.54 Å². The van der Waals surface area contributed by atoms with Crippen LogP contribution in [0.1, 0.15) is 38.8 Å². The van der Waals surface area contributed by atoms with Crippen molar-refractivity contribution < 1.29 is 4.79 Å². The smallest absolute Gasteiger partial charge is 0.256 e. The van der Waals surface area contributed by atoms with Gasteiger partial charge in [-0.1, -0.05) is 29.8 Å². The molecule has 0 fully saturated rings. The lowest BCUT2D eigenvalue weighted by Gasteiger charge is -2.28. The molecular formula is C20H17N3O. The number of fused-ring (bicyclic) bond motifs is 1. The molecule has 0 radical (unpaired) electrons. The molecule has 4 rings (SSSR count). The molecule has 4 nitrogen and oxygen atoms in total. The van der Waals surface area contributed by atoms with E-state index in [1.807, 2.05) is 29.2 Å². The van der Waals surface area contributed by atoms with Gasteiger partial charge in [-0.25, -0.2) is 0 Å². The largest absolute Gasteiger partial charge is 0.322 e.